The number of rotatable bonds is 3. The molecule has 0 amide bonds. The molecule has 2 unspecified atom stereocenters. The molecule has 2 atom stereocenters. The molecule has 1 rings (SSSR count). The number of nitrogens with one attached hydrogen (secondary N) is 1. The van der Waals surface area contributed by atoms with Crippen LogP contribution >= 0.6 is 11.8 Å². The van der Waals surface area contributed by atoms with E-state index >= 15 is 0 Å². The van der Waals surface area contributed by atoms with Gasteiger partial charge in [0.05, 0.1) is 0 Å². The van der Waals surface area contributed by atoms with Crippen molar-refractivity contribution in [1.82, 2.24) is 5.32 Å². The predicted octanol–water partition coefficient (Wildman–Crippen LogP) is 1.81. The second-order valence-electron chi connectivity index (χ2n) is 4.98. The topological polar surface area (TPSA) is 38.3 Å². The van der Waals surface area contributed by atoms with Gasteiger partial charge in [0.15, 0.2) is 0 Å². The van der Waals surface area contributed by atoms with Gasteiger partial charge in [-0.15, -0.1) is 0 Å². The Kier molecular flexibility index (Phi) is 4.46. The van der Waals surface area contributed by atoms with Gasteiger partial charge in [-0.3, -0.25) is 4.79 Å². The fraction of sp³-hybridized carbons (Fsp3) is 0.909. The third-order valence-corrected chi connectivity index (χ3v) is 3.34. The maximum Gasteiger partial charge on any atom is 0.323 e. The van der Waals surface area contributed by atoms with Crippen LogP contribution in [0.1, 0.15) is 34.1 Å². The number of ether oxygens (including phenoxy) is 1. The minimum Gasteiger partial charge on any atom is -0.459 e. The molecule has 0 bridgehead atoms. The van der Waals surface area contributed by atoms with E-state index in [0.717, 1.165) is 12.2 Å². The normalized spacial score (nSPS) is 23.9. The Labute approximate surface area is 96.3 Å². The first kappa shape index (κ1) is 12.8. The molecule has 0 aromatic carbocycles. The SMILES string of the molecule is CC(NC1CCSC1)C(=O)OC(C)(C)C. The number of carbonyl (C=O) groups is 1. The van der Waals surface area contributed by atoms with Gasteiger partial charge in [-0.25, -0.2) is 0 Å². The highest BCUT2D eigenvalue weighted by atomic mass is 32.2. The van der Waals surface area contributed by atoms with E-state index in [1.54, 1.807) is 0 Å². The average Bonchev–Trinajstić information content (AvgIpc) is 2.53. The van der Waals surface area contributed by atoms with Gasteiger partial charge in [-0.2, -0.15) is 11.8 Å². The average molecular weight is 231 g/mol. The molecule has 0 spiro atoms. The smallest absolute Gasteiger partial charge is 0.323 e. The maximum atomic E-state index is 11.7. The van der Waals surface area contributed by atoms with E-state index in [1.165, 1.54) is 5.75 Å². The lowest BCUT2D eigenvalue weighted by atomic mass is 10.2. The molecule has 1 aliphatic heterocycles. The van der Waals surface area contributed by atoms with Crippen molar-refractivity contribution < 1.29 is 9.53 Å². The molecule has 1 aliphatic rings. The lowest BCUT2D eigenvalue weighted by molar-refractivity contribution is -0.157. The summed E-state index contributed by atoms with van der Waals surface area (Å²) in [5.41, 5.74) is -0.391. The van der Waals surface area contributed by atoms with E-state index < -0.39 is 5.60 Å². The second-order valence-corrected chi connectivity index (χ2v) is 6.13. The Morgan fingerprint density at radius 3 is 2.67 bits per heavy atom. The first-order valence-corrected chi connectivity index (χ1v) is 6.60. The fourth-order valence-electron chi connectivity index (χ4n) is 1.48. The molecule has 0 saturated carbocycles. The first-order chi connectivity index (χ1) is 6.88. The van der Waals surface area contributed by atoms with Gasteiger partial charge >= 0.3 is 5.97 Å². The summed E-state index contributed by atoms with van der Waals surface area (Å²) < 4.78 is 5.30. The van der Waals surface area contributed by atoms with Gasteiger partial charge in [-0.05, 0) is 39.9 Å². The quantitative estimate of drug-likeness (QED) is 0.752. The zero-order chi connectivity index (χ0) is 11.5. The zero-order valence-electron chi connectivity index (χ0n) is 10.0. The van der Waals surface area contributed by atoms with Crippen molar-refractivity contribution in [3.8, 4) is 0 Å². The predicted molar refractivity (Wildman–Crippen MR) is 64.2 cm³/mol. The van der Waals surface area contributed by atoms with Crippen LogP contribution in [0.15, 0.2) is 0 Å². The number of carbonyl (C=O) groups excluding carboxylic acids is 1. The van der Waals surface area contributed by atoms with Crippen molar-refractivity contribution >= 4 is 17.7 Å². The van der Waals surface area contributed by atoms with Crippen LogP contribution in [0.25, 0.3) is 0 Å². The van der Waals surface area contributed by atoms with E-state index in [0.29, 0.717) is 6.04 Å². The van der Waals surface area contributed by atoms with E-state index in [1.807, 2.05) is 39.5 Å². The highest BCUT2D eigenvalue weighted by Crippen LogP contribution is 2.18. The van der Waals surface area contributed by atoms with Crippen molar-refractivity contribution in [2.75, 3.05) is 11.5 Å². The fourth-order valence-corrected chi connectivity index (χ4v) is 2.64. The van der Waals surface area contributed by atoms with Crippen LogP contribution in [0.5, 0.6) is 0 Å². The summed E-state index contributed by atoms with van der Waals surface area (Å²) in [6, 6.07) is 0.269. The largest absolute Gasteiger partial charge is 0.459 e. The van der Waals surface area contributed by atoms with Crippen LogP contribution in [-0.4, -0.2) is 35.2 Å². The molecule has 0 aromatic rings. The van der Waals surface area contributed by atoms with E-state index in [-0.39, 0.29) is 12.0 Å². The van der Waals surface area contributed by atoms with Gasteiger partial charge in [0.25, 0.3) is 0 Å². The van der Waals surface area contributed by atoms with E-state index in [9.17, 15) is 4.79 Å². The summed E-state index contributed by atoms with van der Waals surface area (Å²) in [4.78, 5) is 11.7. The summed E-state index contributed by atoms with van der Waals surface area (Å²) in [6.07, 6.45) is 1.15. The molecular weight excluding hydrogens is 210 g/mol. The minimum absolute atomic E-state index is 0.153. The first-order valence-electron chi connectivity index (χ1n) is 5.45. The molecule has 15 heavy (non-hydrogen) atoms. The Bertz CT molecular complexity index is 219. The van der Waals surface area contributed by atoms with Crippen molar-refractivity contribution in [3.63, 3.8) is 0 Å². The summed E-state index contributed by atoms with van der Waals surface area (Å²) in [5, 5.41) is 3.31. The van der Waals surface area contributed by atoms with Gasteiger partial charge in [0.2, 0.25) is 0 Å². The number of hydrogen-bond donors (Lipinski definition) is 1. The summed E-state index contributed by atoms with van der Waals surface area (Å²) in [7, 11) is 0. The minimum atomic E-state index is -0.391. The van der Waals surface area contributed by atoms with Crippen LogP contribution in [0.3, 0.4) is 0 Å². The maximum absolute atomic E-state index is 11.7. The number of hydrogen-bond acceptors (Lipinski definition) is 4. The van der Waals surface area contributed by atoms with Gasteiger partial charge < -0.3 is 10.1 Å². The summed E-state index contributed by atoms with van der Waals surface area (Å²) in [5.74, 6) is 2.14. The Morgan fingerprint density at radius 2 is 2.20 bits per heavy atom. The van der Waals surface area contributed by atoms with Crippen molar-refractivity contribution in [2.24, 2.45) is 0 Å². The molecule has 1 N–H and O–H groups in total. The summed E-state index contributed by atoms with van der Waals surface area (Å²) >= 11 is 1.93. The lowest BCUT2D eigenvalue weighted by Crippen LogP contribution is -2.44. The van der Waals surface area contributed by atoms with Crippen LogP contribution in [0.2, 0.25) is 0 Å². The molecule has 0 radical (unpaired) electrons. The van der Waals surface area contributed by atoms with Crippen LogP contribution in [0.4, 0.5) is 0 Å². The molecular formula is C11H21NO2S. The van der Waals surface area contributed by atoms with Crippen molar-refractivity contribution in [1.29, 1.82) is 0 Å². The highest BCUT2D eigenvalue weighted by Gasteiger charge is 2.25. The molecule has 4 heteroatoms. The molecule has 1 saturated heterocycles. The van der Waals surface area contributed by atoms with Crippen LogP contribution in [0, 0.1) is 0 Å². The Hall–Kier alpha value is -0.220. The van der Waals surface area contributed by atoms with Crippen LogP contribution in [-0.2, 0) is 9.53 Å². The lowest BCUT2D eigenvalue weighted by Gasteiger charge is -2.24. The van der Waals surface area contributed by atoms with Crippen molar-refractivity contribution in [3.05, 3.63) is 0 Å². The molecule has 3 nitrogen and oxygen atoms in total. The highest BCUT2D eigenvalue weighted by molar-refractivity contribution is 7.99. The number of esters is 1. The van der Waals surface area contributed by atoms with E-state index in [2.05, 4.69) is 5.32 Å². The molecule has 1 fully saturated rings. The molecule has 88 valence electrons. The zero-order valence-corrected chi connectivity index (χ0v) is 10.8. The van der Waals surface area contributed by atoms with E-state index in [4.69, 9.17) is 4.74 Å². The standard InChI is InChI=1S/C11H21NO2S/c1-8(10(13)14-11(2,3)4)12-9-5-6-15-7-9/h8-9,12H,5-7H2,1-4H3. The number of thioether (sulfide) groups is 1. The molecule has 0 aliphatic carbocycles. The third-order valence-electron chi connectivity index (χ3n) is 2.18. The monoisotopic (exact) mass is 231 g/mol. The second kappa shape index (κ2) is 5.21. The van der Waals surface area contributed by atoms with Crippen molar-refractivity contribution in [2.45, 2.75) is 51.8 Å². The van der Waals surface area contributed by atoms with Crippen LogP contribution < -0.4 is 5.32 Å². The third kappa shape index (κ3) is 4.89. The summed E-state index contributed by atoms with van der Waals surface area (Å²) in [6.45, 7) is 7.55. The molecule has 1 heterocycles. The molecule has 0 aromatic heterocycles. The van der Waals surface area contributed by atoms with Gasteiger partial charge in [-0.1, -0.05) is 0 Å². The Morgan fingerprint density at radius 1 is 1.53 bits per heavy atom. The van der Waals surface area contributed by atoms with Gasteiger partial charge in [0, 0.05) is 11.8 Å². The Balaban J connectivity index is 2.32. The van der Waals surface area contributed by atoms with Gasteiger partial charge in [0.1, 0.15) is 11.6 Å².